The van der Waals surface area contributed by atoms with Crippen LogP contribution in [0.3, 0.4) is 0 Å². The summed E-state index contributed by atoms with van der Waals surface area (Å²) in [6.45, 7) is 0.800. The Morgan fingerprint density at radius 3 is 2.81 bits per heavy atom. The molecule has 0 radical (unpaired) electrons. The summed E-state index contributed by atoms with van der Waals surface area (Å²) in [5.74, 6) is -0.0278. The molecule has 1 saturated heterocycles. The first-order valence-corrected chi connectivity index (χ1v) is 9.32. The number of carbonyl (C=O) groups is 1. The molecule has 4 heteroatoms. The Balaban J connectivity index is 1.37. The number of hydrogen-bond donors (Lipinski definition) is 1. The number of likely N-dealkylation sites (tertiary alicyclic amines) is 1. The highest BCUT2D eigenvalue weighted by Crippen LogP contribution is 2.32. The van der Waals surface area contributed by atoms with Gasteiger partial charge < -0.3 is 9.88 Å². The smallest absolute Gasteiger partial charge is 0.223 e. The van der Waals surface area contributed by atoms with Gasteiger partial charge in [0.1, 0.15) is 5.82 Å². The number of rotatable bonds is 5. The number of hydrogen-bond acceptors (Lipinski definition) is 1. The Bertz CT molecular complexity index is 900. The number of para-hydroxylation sites is 1. The molecule has 0 spiro atoms. The maximum Gasteiger partial charge on any atom is 0.223 e. The Morgan fingerprint density at radius 1 is 1.15 bits per heavy atom. The number of amides is 1. The lowest BCUT2D eigenvalue weighted by Gasteiger charge is -2.25. The number of benzene rings is 2. The Kier molecular flexibility index (Phi) is 4.74. The summed E-state index contributed by atoms with van der Waals surface area (Å²) in [4.78, 5) is 18.0. The van der Waals surface area contributed by atoms with Crippen LogP contribution in [0.2, 0.25) is 0 Å². The number of carbonyl (C=O) groups excluding carboxylic acids is 1. The monoisotopic (exact) mass is 350 g/mol. The Morgan fingerprint density at radius 2 is 1.96 bits per heavy atom. The molecule has 1 aliphatic rings. The van der Waals surface area contributed by atoms with Crippen molar-refractivity contribution in [3.63, 3.8) is 0 Å². The van der Waals surface area contributed by atoms with Crippen molar-refractivity contribution in [1.82, 2.24) is 9.88 Å². The van der Waals surface area contributed by atoms with Crippen molar-refractivity contribution in [2.45, 2.75) is 38.1 Å². The second-order valence-corrected chi connectivity index (χ2v) is 7.01. The Labute approximate surface area is 152 Å². The zero-order valence-corrected chi connectivity index (χ0v) is 14.7. The van der Waals surface area contributed by atoms with Gasteiger partial charge in [-0.15, -0.1) is 0 Å². The summed E-state index contributed by atoms with van der Waals surface area (Å²) in [7, 11) is 0. The predicted molar refractivity (Wildman–Crippen MR) is 101 cm³/mol. The van der Waals surface area contributed by atoms with E-state index in [1.807, 2.05) is 23.2 Å². The number of aryl methyl sites for hydroxylation is 1. The summed E-state index contributed by atoms with van der Waals surface area (Å²) >= 11 is 0. The van der Waals surface area contributed by atoms with Crippen LogP contribution in [0.15, 0.2) is 54.7 Å². The molecule has 4 rings (SSSR count). The van der Waals surface area contributed by atoms with Crippen molar-refractivity contribution >= 4 is 16.8 Å². The third-order valence-corrected chi connectivity index (χ3v) is 5.34. The van der Waals surface area contributed by atoms with E-state index in [0.717, 1.165) is 43.3 Å². The van der Waals surface area contributed by atoms with E-state index in [1.165, 1.54) is 23.1 Å². The summed E-state index contributed by atoms with van der Waals surface area (Å²) in [6.07, 6.45) is 6.30. The molecule has 2 heterocycles. The number of halogens is 1. The summed E-state index contributed by atoms with van der Waals surface area (Å²) < 4.78 is 13.2. The van der Waals surface area contributed by atoms with E-state index >= 15 is 0 Å². The first kappa shape index (κ1) is 16.8. The molecule has 0 aliphatic carbocycles. The van der Waals surface area contributed by atoms with E-state index in [0.29, 0.717) is 6.42 Å². The number of aromatic amines is 1. The van der Waals surface area contributed by atoms with E-state index < -0.39 is 0 Å². The van der Waals surface area contributed by atoms with Gasteiger partial charge in [0, 0.05) is 30.1 Å². The normalized spacial score (nSPS) is 17.1. The standard InChI is InChI=1S/C22H23FN2O/c23-18-12-10-16(11-13-18)21-8-4-14-25(21)22(26)9-3-5-17-15-24-20-7-2-1-6-19(17)20/h1-2,6-7,10-13,15,21,24H,3-5,8-9,14H2/t21-/m0/s1. The fraction of sp³-hybridized carbons (Fsp3) is 0.318. The van der Waals surface area contributed by atoms with E-state index in [-0.39, 0.29) is 17.8 Å². The average molecular weight is 350 g/mol. The first-order valence-electron chi connectivity index (χ1n) is 9.32. The molecule has 3 nitrogen and oxygen atoms in total. The third kappa shape index (κ3) is 3.36. The van der Waals surface area contributed by atoms with Crippen LogP contribution in [0.4, 0.5) is 4.39 Å². The van der Waals surface area contributed by atoms with Crippen molar-refractivity contribution in [2.24, 2.45) is 0 Å². The first-order chi connectivity index (χ1) is 12.7. The quantitative estimate of drug-likeness (QED) is 0.691. The van der Waals surface area contributed by atoms with Gasteiger partial charge in [0.05, 0.1) is 6.04 Å². The molecule has 3 aromatic rings. The van der Waals surface area contributed by atoms with E-state index in [2.05, 4.69) is 17.1 Å². The topological polar surface area (TPSA) is 36.1 Å². The molecular formula is C22H23FN2O. The van der Waals surface area contributed by atoms with Gasteiger partial charge >= 0.3 is 0 Å². The Hall–Kier alpha value is -2.62. The van der Waals surface area contributed by atoms with Crippen molar-refractivity contribution in [2.75, 3.05) is 6.54 Å². The SMILES string of the molecule is O=C(CCCc1c[nH]c2ccccc12)N1CCC[C@H]1c1ccc(F)cc1. The molecule has 1 amide bonds. The van der Waals surface area contributed by atoms with Crippen LogP contribution < -0.4 is 0 Å². The van der Waals surface area contributed by atoms with Crippen LogP contribution in [0.1, 0.15) is 42.9 Å². The molecule has 1 aromatic heterocycles. The predicted octanol–water partition coefficient (Wildman–Crippen LogP) is 4.99. The maximum atomic E-state index is 13.2. The second-order valence-electron chi connectivity index (χ2n) is 7.01. The van der Waals surface area contributed by atoms with Crippen LogP contribution in [0, 0.1) is 5.82 Å². The summed E-state index contributed by atoms with van der Waals surface area (Å²) in [5.41, 5.74) is 3.45. The minimum atomic E-state index is -0.233. The van der Waals surface area contributed by atoms with Gasteiger partial charge in [-0.2, -0.15) is 0 Å². The highest BCUT2D eigenvalue weighted by molar-refractivity contribution is 5.83. The lowest BCUT2D eigenvalue weighted by molar-refractivity contribution is -0.132. The molecule has 0 saturated carbocycles. The van der Waals surface area contributed by atoms with Crippen molar-refractivity contribution < 1.29 is 9.18 Å². The van der Waals surface area contributed by atoms with Crippen LogP contribution in [-0.2, 0) is 11.2 Å². The summed E-state index contributed by atoms with van der Waals surface area (Å²) in [5, 5.41) is 1.24. The number of aromatic nitrogens is 1. The van der Waals surface area contributed by atoms with E-state index in [1.54, 1.807) is 12.1 Å². The number of nitrogens with one attached hydrogen (secondary N) is 1. The van der Waals surface area contributed by atoms with Crippen molar-refractivity contribution in [3.8, 4) is 0 Å². The van der Waals surface area contributed by atoms with Crippen LogP contribution in [0.5, 0.6) is 0 Å². The molecule has 1 aliphatic heterocycles. The van der Waals surface area contributed by atoms with Crippen LogP contribution in [-0.4, -0.2) is 22.3 Å². The molecule has 0 bridgehead atoms. The highest BCUT2D eigenvalue weighted by atomic mass is 19.1. The van der Waals surface area contributed by atoms with Gasteiger partial charge in [0.25, 0.3) is 0 Å². The zero-order valence-electron chi connectivity index (χ0n) is 14.7. The lowest BCUT2D eigenvalue weighted by atomic mass is 10.0. The molecule has 134 valence electrons. The van der Waals surface area contributed by atoms with Gasteiger partial charge in [0.2, 0.25) is 5.91 Å². The van der Waals surface area contributed by atoms with Crippen molar-refractivity contribution in [1.29, 1.82) is 0 Å². The summed E-state index contributed by atoms with van der Waals surface area (Å²) in [6, 6.07) is 14.9. The number of nitrogens with zero attached hydrogens (tertiary/aromatic N) is 1. The number of fused-ring (bicyclic) bond motifs is 1. The molecule has 26 heavy (non-hydrogen) atoms. The molecule has 1 fully saturated rings. The van der Waals surface area contributed by atoms with Gasteiger partial charge in [-0.05, 0) is 55.0 Å². The van der Waals surface area contributed by atoms with E-state index in [4.69, 9.17) is 0 Å². The minimum absolute atomic E-state index is 0.0937. The van der Waals surface area contributed by atoms with Crippen molar-refractivity contribution in [3.05, 3.63) is 71.7 Å². The average Bonchev–Trinajstić information content (AvgIpc) is 3.30. The van der Waals surface area contributed by atoms with Gasteiger partial charge in [-0.3, -0.25) is 4.79 Å². The van der Waals surface area contributed by atoms with Gasteiger partial charge in [-0.1, -0.05) is 30.3 Å². The van der Waals surface area contributed by atoms with Crippen LogP contribution >= 0.6 is 0 Å². The van der Waals surface area contributed by atoms with Gasteiger partial charge in [-0.25, -0.2) is 4.39 Å². The van der Waals surface area contributed by atoms with Gasteiger partial charge in [0.15, 0.2) is 0 Å². The number of H-pyrrole nitrogens is 1. The van der Waals surface area contributed by atoms with Crippen LogP contribution in [0.25, 0.3) is 10.9 Å². The fourth-order valence-electron chi connectivity index (χ4n) is 4.01. The lowest BCUT2D eigenvalue weighted by Crippen LogP contribution is -2.30. The van der Waals surface area contributed by atoms with E-state index in [9.17, 15) is 9.18 Å². The highest BCUT2D eigenvalue weighted by Gasteiger charge is 2.29. The molecule has 1 atom stereocenters. The molecule has 2 aromatic carbocycles. The maximum absolute atomic E-state index is 13.2. The molecule has 0 unspecified atom stereocenters. The largest absolute Gasteiger partial charge is 0.361 e. The zero-order chi connectivity index (χ0) is 17.9. The molecule has 1 N–H and O–H groups in total. The minimum Gasteiger partial charge on any atom is -0.361 e. The molecular weight excluding hydrogens is 327 g/mol. The second kappa shape index (κ2) is 7.32. The fourth-order valence-corrected chi connectivity index (χ4v) is 4.01. The third-order valence-electron chi connectivity index (χ3n) is 5.34.